The minimum Gasteiger partial charge on any atom is -0.486 e. The summed E-state index contributed by atoms with van der Waals surface area (Å²) in [4.78, 5) is 8.36. The number of aromatic nitrogens is 2. The molecule has 5 heteroatoms. The Morgan fingerprint density at radius 1 is 1.06 bits per heavy atom. The molecule has 0 unspecified atom stereocenters. The maximum Gasteiger partial charge on any atom is 0.138 e. The summed E-state index contributed by atoms with van der Waals surface area (Å²) in [7, 11) is 0. The fourth-order valence-corrected chi connectivity index (χ4v) is 1.50. The highest BCUT2D eigenvalue weighted by Gasteiger charge is 1.98. The number of ether oxygens (including phenoxy) is 1. The van der Waals surface area contributed by atoms with E-state index >= 15 is 0 Å². The second-order valence-corrected chi connectivity index (χ2v) is 4.36. The monoisotopic (exact) mass is 293 g/mol. The molecule has 0 fully saturated rings. The quantitative estimate of drug-likeness (QED) is 0.939. The van der Waals surface area contributed by atoms with Crippen molar-refractivity contribution in [3.8, 4) is 5.75 Å². The molecular weight excluding hydrogens is 282 g/mol. The third-order valence-corrected chi connectivity index (χ3v) is 2.65. The van der Waals surface area contributed by atoms with E-state index in [0.29, 0.717) is 18.9 Å². The molecule has 0 amide bonds. The van der Waals surface area contributed by atoms with Gasteiger partial charge in [0.05, 0.1) is 17.6 Å². The number of nitrogens with zero attached hydrogens (tertiary/aromatic N) is 2. The Hall–Kier alpha value is -1.46. The van der Waals surface area contributed by atoms with Gasteiger partial charge in [0.25, 0.3) is 0 Å². The predicted molar refractivity (Wildman–Crippen MR) is 68.4 cm³/mol. The minimum absolute atomic E-state index is 0.428. The Labute approximate surface area is 108 Å². The smallest absolute Gasteiger partial charge is 0.138 e. The molecule has 17 heavy (non-hydrogen) atoms. The lowest BCUT2D eigenvalue weighted by Gasteiger charge is -2.05. The van der Waals surface area contributed by atoms with Crippen LogP contribution in [-0.2, 0) is 13.2 Å². The van der Waals surface area contributed by atoms with Gasteiger partial charge in [-0.3, -0.25) is 9.97 Å². The summed E-state index contributed by atoms with van der Waals surface area (Å²) < 4.78 is 6.50. The van der Waals surface area contributed by atoms with Crippen molar-refractivity contribution in [3.05, 3.63) is 52.5 Å². The molecule has 2 heterocycles. The summed E-state index contributed by atoms with van der Waals surface area (Å²) in [5.41, 5.74) is 7.18. The predicted octanol–water partition coefficient (Wildman–Crippen LogP) is 2.28. The van der Waals surface area contributed by atoms with Gasteiger partial charge in [-0.05, 0) is 40.2 Å². The standard InChI is InChI=1S/C12H12BrN3O/c13-9-1-2-11(15-6-9)8-17-12-4-3-10(5-14)16-7-12/h1-4,6-7H,5,8,14H2. The van der Waals surface area contributed by atoms with Crippen LogP contribution in [0, 0.1) is 0 Å². The van der Waals surface area contributed by atoms with Crippen LogP contribution in [0.15, 0.2) is 41.1 Å². The van der Waals surface area contributed by atoms with E-state index in [-0.39, 0.29) is 0 Å². The molecule has 0 aromatic carbocycles. The van der Waals surface area contributed by atoms with Gasteiger partial charge in [0.1, 0.15) is 12.4 Å². The van der Waals surface area contributed by atoms with Gasteiger partial charge in [-0.2, -0.15) is 0 Å². The van der Waals surface area contributed by atoms with E-state index in [9.17, 15) is 0 Å². The summed E-state index contributed by atoms with van der Waals surface area (Å²) >= 11 is 3.33. The van der Waals surface area contributed by atoms with Gasteiger partial charge < -0.3 is 10.5 Å². The van der Waals surface area contributed by atoms with Crippen molar-refractivity contribution in [1.29, 1.82) is 0 Å². The van der Waals surface area contributed by atoms with E-state index in [0.717, 1.165) is 15.9 Å². The second-order valence-electron chi connectivity index (χ2n) is 3.45. The SMILES string of the molecule is NCc1ccc(OCc2ccc(Br)cn2)cn1. The first-order valence-corrected chi connectivity index (χ1v) is 5.95. The van der Waals surface area contributed by atoms with Crippen LogP contribution in [-0.4, -0.2) is 9.97 Å². The third kappa shape index (κ3) is 3.51. The molecule has 0 spiro atoms. The van der Waals surface area contributed by atoms with Crippen LogP contribution in [0.25, 0.3) is 0 Å². The van der Waals surface area contributed by atoms with E-state index in [1.165, 1.54) is 0 Å². The fraction of sp³-hybridized carbons (Fsp3) is 0.167. The molecule has 0 radical (unpaired) electrons. The van der Waals surface area contributed by atoms with Crippen LogP contribution in [0.3, 0.4) is 0 Å². The summed E-state index contributed by atoms with van der Waals surface area (Å²) in [6.45, 7) is 0.867. The summed E-state index contributed by atoms with van der Waals surface area (Å²) in [6, 6.07) is 7.55. The number of rotatable bonds is 4. The molecule has 0 atom stereocenters. The zero-order valence-electron chi connectivity index (χ0n) is 9.14. The van der Waals surface area contributed by atoms with E-state index in [2.05, 4.69) is 25.9 Å². The number of hydrogen-bond acceptors (Lipinski definition) is 4. The molecule has 0 aliphatic rings. The summed E-state index contributed by atoms with van der Waals surface area (Å²) in [5.74, 6) is 0.715. The Balaban J connectivity index is 1.95. The van der Waals surface area contributed by atoms with Crippen molar-refractivity contribution in [2.75, 3.05) is 0 Å². The second kappa shape index (κ2) is 5.75. The largest absolute Gasteiger partial charge is 0.486 e. The Morgan fingerprint density at radius 3 is 2.41 bits per heavy atom. The number of hydrogen-bond donors (Lipinski definition) is 1. The van der Waals surface area contributed by atoms with Gasteiger partial charge in [-0.1, -0.05) is 0 Å². The Morgan fingerprint density at radius 2 is 1.82 bits per heavy atom. The first-order chi connectivity index (χ1) is 8.28. The van der Waals surface area contributed by atoms with Crippen molar-refractivity contribution < 1.29 is 4.74 Å². The van der Waals surface area contributed by atoms with Crippen LogP contribution < -0.4 is 10.5 Å². The van der Waals surface area contributed by atoms with Crippen molar-refractivity contribution in [2.45, 2.75) is 13.2 Å². The highest BCUT2D eigenvalue weighted by atomic mass is 79.9. The third-order valence-electron chi connectivity index (χ3n) is 2.18. The molecular formula is C12H12BrN3O. The lowest BCUT2D eigenvalue weighted by atomic mass is 10.3. The first-order valence-electron chi connectivity index (χ1n) is 5.16. The maximum absolute atomic E-state index is 5.55. The van der Waals surface area contributed by atoms with Crippen molar-refractivity contribution in [3.63, 3.8) is 0 Å². The number of nitrogens with two attached hydrogens (primary N) is 1. The average Bonchev–Trinajstić information content (AvgIpc) is 2.39. The van der Waals surface area contributed by atoms with Crippen molar-refractivity contribution >= 4 is 15.9 Å². The highest BCUT2D eigenvalue weighted by Crippen LogP contribution is 2.12. The minimum atomic E-state index is 0.428. The van der Waals surface area contributed by atoms with Gasteiger partial charge in [0.15, 0.2) is 0 Å². The Kier molecular flexibility index (Phi) is 4.06. The molecule has 0 aliphatic carbocycles. The first kappa shape index (κ1) is 12.0. The molecule has 0 bridgehead atoms. The van der Waals surface area contributed by atoms with Crippen molar-refractivity contribution in [2.24, 2.45) is 5.73 Å². The molecule has 0 saturated carbocycles. The molecule has 2 aromatic rings. The lowest BCUT2D eigenvalue weighted by molar-refractivity contribution is 0.300. The molecule has 0 saturated heterocycles. The Bertz CT molecular complexity index is 470. The summed E-state index contributed by atoms with van der Waals surface area (Å²) in [5, 5.41) is 0. The van der Waals surface area contributed by atoms with Gasteiger partial charge in [0.2, 0.25) is 0 Å². The molecule has 88 valence electrons. The van der Waals surface area contributed by atoms with Crippen LogP contribution in [0.4, 0.5) is 0 Å². The molecule has 2 N–H and O–H groups in total. The van der Waals surface area contributed by atoms with Crippen LogP contribution in [0.2, 0.25) is 0 Å². The lowest BCUT2D eigenvalue weighted by Crippen LogP contribution is -2.01. The molecule has 4 nitrogen and oxygen atoms in total. The fourth-order valence-electron chi connectivity index (χ4n) is 1.27. The van der Waals surface area contributed by atoms with E-state index in [1.54, 1.807) is 12.4 Å². The topological polar surface area (TPSA) is 61.0 Å². The average molecular weight is 294 g/mol. The van der Waals surface area contributed by atoms with Crippen LogP contribution >= 0.6 is 15.9 Å². The zero-order chi connectivity index (χ0) is 12.1. The van der Waals surface area contributed by atoms with E-state index < -0.39 is 0 Å². The van der Waals surface area contributed by atoms with E-state index in [1.807, 2.05) is 24.3 Å². The van der Waals surface area contributed by atoms with E-state index in [4.69, 9.17) is 10.5 Å². The normalized spacial score (nSPS) is 10.2. The van der Waals surface area contributed by atoms with Crippen LogP contribution in [0.5, 0.6) is 5.75 Å². The molecule has 0 aliphatic heterocycles. The molecule has 2 rings (SSSR count). The number of halogens is 1. The van der Waals surface area contributed by atoms with Gasteiger partial charge in [0, 0.05) is 17.2 Å². The molecule has 2 aromatic heterocycles. The van der Waals surface area contributed by atoms with Crippen molar-refractivity contribution in [1.82, 2.24) is 9.97 Å². The van der Waals surface area contributed by atoms with Crippen LogP contribution in [0.1, 0.15) is 11.4 Å². The number of pyridine rings is 2. The maximum atomic E-state index is 5.55. The summed E-state index contributed by atoms with van der Waals surface area (Å²) in [6.07, 6.45) is 3.41. The van der Waals surface area contributed by atoms with Gasteiger partial charge in [-0.25, -0.2) is 0 Å². The highest BCUT2D eigenvalue weighted by molar-refractivity contribution is 9.10. The zero-order valence-corrected chi connectivity index (χ0v) is 10.7. The van der Waals surface area contributed by atoms with Gasteiger partial charge in [-0.15, -0.1) is 0 Å². The van der Waals surface area contributed by atoms with Gasteiger partial charge >= 0.3 is 0 Å².